The second kappa shape index (κ2) is 7.17. The van der Waals surface area contributed by atoms with Gasteiger partial charge in [-0.25, -0.2) is 4.79 Å². The zero-order chi connectivity index (χ0) is 16.1. The first-order chi connectivity index (χ1) is 10.5. The molecule has 2 atom stereocenters. The van der Waals surface area contributed by atoms with E-state index in [-0.39, 0.29) is 5.91 Å². The highest BCUT2D eigenvalue weighted by atomic mass is 16.5. The number of hydrogen-bond acceptors (Lipinski definition) is 5. The van der Waals surface area contributed by atoms with Crippen molar-refractivity contribution in [3.63, 3.8) is 0 Å². The number of nitrogens with zero attached hydrogens (tertiary/aromatic N) is 1. The van der Waals surface area contributed by atoms with Gasteiger partial charge in [-0.2, -0.15) is 0 Å². The van der Waals surface area contributed by atoms with Crippen molar-refractivity contribution in [2.75, 3.05) is 13.7 Å². The Kier molecular flexibility index (Phi) is 5.27. The quantitative estimate of drug-likeness (QED) is 0.624. The fourth-order valence-corrected chi connectivity index (χ4v) is 2.71. The van der Waals surface area contributed by atoms with Crippen LogP contribution in [0.3, 0.4) is 0 Å². The summed E-state index contributed by atoms with van der Waals surface area (Å²) in [6.07, 6.45) is 1.55. The van der Waals surface area contributed by atoms with Crippen LogP contribution in [0.2, 0.25) is 0 Å². The van der Waals surface area contributed by atoms with Gasteiger partial charge in [0.15, 0.2) is 0 Å². The van der Waals surface area contributed by atoms with Crippen molar-refractivity contribution in [3.05, 3.63) is 35.9 Å². The van der Waals surface area contributed by atoms with Crippen molar-refractivity contribution in [2.24, 2.45) is 5.73 Å². The van der Waals surface area contributed by atoms with E-state index in [1.807, 2.05) is 30.3 Å². The van der Waals surface area contributed by atoms with Gasteiger partial charge in [0.05, 0.1) is 13.2 Å². The van der Waals surface area contributed by atoms with Crippen molar-refractivity contribution in [1.82, 2.24) is 4.90 Å². The van der Waals surface area contributed by atoms with E-state index in [2.05, 4.69) is 4.74 Å². The van der Waals surface area contributed by atoms with Gasteiger partial charge in [0.1, 0.15) is 6.04 Å². The Labute approximate surface area is 129 Å². The molecule has 1 aliphatic heterocycles. The van der Waals surface area contributed by atoms with E-state index in [0.29, 0.717) is 25.8 Å². The third kappa shape index (κ3) is 3.51. The molecule has 0 aromatic heterocycles. The number of likely N-dealkylation sites (tertiary alicyclic amines) is 1. The van der Waals surface area contributed by atoms with Crippen LogP contribution in [0.25, 0.3) is 0 Å². The van der Waals surface area contributed by atoms with Crippen molar-refractivity contribution in [3.8, 4) is 0 Å². The average Bonchev–Trinajstić information content (AvgIpc) is 3.03. The molecule has 0 spiro atoms. The molecule has 6 heteroatoms. The first-order valence-electron chi connectivity index (χ1n) is 7.26. The maximum atomic E-state index is 12.5. The Hall–Kier alpha value is -2.21. The van der Waals surface area contributed by atoms with Crippen LogP contribution in [-0.2, 0) is 25.5 Å². The molecule has 0 aliphatic carbocycles. The summed E-state index contributed by atoms with van der Waals surface area (Å²) in [7, 11) is 1.16. The molecule has 0 radical (unpaired) electrons. The lowest BCUT2D eigenvalue weighted by molar-refractivity contribution is -0.155. The lowest BCUT2D eigenvalue weighted by atomic mass is 10.0. The lowest BCUT2D eigenvalue weighted by Gasteiger charge is -2.25. The number of carbonyl (C=O) groups excluding carboxylic acids is 3. The molecule has 0 unspecified atom stereocenters. The third-order valence-electron chi connectivity index (χ3n) is 3.84. The van der Waals surface area contributed by atoms with Crippen LogP contribution in [0.1, 0.15) is 18.4 Å². The van der Waals surface area contributed by atoms with Gasteiger partial charge in [-0.3, -0.25) is 9.59 Å². The molecule has 2 N–H and O–H groups in total. The second-order valence-corrected chi connectivity index (χ2v) is 5.34. The Morgan fingerprint density at radius 2 is 2.00 bits per heavy atom. The fraction of sp³-hybridized carbons (Fsp3) is 0.438. The molecule has 1 amide bonds. The topological polar surface area (TPSA) is 89.7 Å². The molecule has 0 bridgehead atoms. The number of hydrogen-bond donors (Lipinski definition) is 1. The van der Waals surface area contributed by atoms with Gasteiger partial charge in [-0.05, 0) is 24.8 Å². The Morgan fingerprint density at radius 3 is 2.64 bits per heavy atom. The molecule has 1 fully saturated rings. The molecule has 0 saturated carbocycles. The van der Waals surface area contributed by atoms with Crippen LogP contribution in [-0.4, -0.2) is 48.3 Å². The van der Waals surface area contributed by atoms with E-state index in [9.17, 15) is 14.4 Å². The molecule has 1 aromatic carbocycles. The zero-order valence-corrected chi connectivity index (χ0v) is 12.5. The van der Waals surface area contributed by atoms with E-state index in [1.54, 1.807) is 0 Å². The molecule has 6 nitrogen and oxygen atoms in total. The minimum Gasteiger partial charge on any atom is -0.463 e. The van der Waals surface area contributed by atoms with Crippen LogP contribution in [0.5, 0.6) is 0 Å². The van der Waals surface area contributed by atoms with Gasteiger partial charge in [-0.15, -0.1) is 0 Å². The maximum absolute atomic E-state index is 12.5. The van der Waals surface area contributed by atoms with Crippen LogP contribution in [0.15, 0.2) is 30.3 Å². The van der Waals surface area contributed by atoms with E-state index in [4.69, 9.17) is 5.73 Å². The van der Waals surface area contributed by atoms with Crippen LogP contribution >= 0.6 is 0 Å². The number of Topliss-reactive ketones (excluding diaryl/α,β-unsaturated/α-hetero) is 1. The predicted molar refractivity (Wildman–Crippen MR) is 79.9 cm³/mol. The smallest absolute Gasteiger partial charge is 0.376 e. The van der Waals surface area contributed by atoms with E-state index >= 15 is 0 Å². The fourth-order valence-electron chi connectivity index (χ4n) is 2.71. The molecule has 1 aromatic rings. The van der Waals surface area contributed by atoms with Crippen molar-refractivity contribution in [1.29, 1.82) is 0 Å². The highest BCUT2D eigenvalue weighted by Crippen LogP contribution is 2.20. The van der Waals surface area contributed by atoms with E-state index in [1.165, 1.54) is 4.90 Å². The summed E-state index contributed by atoms with van der Waals surface area (Å²) in [5.74, 6) is -1.90. The molecule has 118 valence electrons. The monoisotopic (exact) mass is 304 g/mol. The predicted octanol–water partition coefficient (Wildman–Crippen LogP) is 0.290. The molecular weight excluding hydrogens is 284 g/mol. The maximum Gasteiger partial charge on any atom is 0.376 e. The number of methoxy groups -OCH3 is 1. The van der Waals surface area contributed by atoms with Crippen LogP contribution < -0.4 is 5.73 Å². The Morgan fingerprint density at radius 1 is 1.32 bits per heavy atom. The normalized spacial score (nSPS) is 18.8. The molecular formula is C16H20N2O4. The van der Waals surface area contributed by atoms with E-state index < -0.39 is 23.8 Å². The van der Waals surface area contributed by atoms with E-state index in [0.717, 1.165) is 12.7 Å². The van der Waals surface area contributed by atoms with Gasteiger partial charge in [0, 0.05) is 6.54 Å². The van der Waals surface area contributed by atoms with Crippen LogP contribution in [0.4, 0.5) is 0 Å². The second-order valence-electron chi connectivity index (χ2n) is 5.34. The third-order valence-corrected chi connectivity index (χ3v) is 3.84. The molecule has 2 rings (SSSR count). The highest BCUT2D eigenvalue weighted by molar-refractivity contribution is 6.36. The van der Waals surface area contributed by atoms with Crippen molar-refractivity contribution in [2.45, 2.75) is 31.3 Å². The summed E-state index contributed by atoms with van der Waals surface area (Å²) in [4.78, 5) is 37.2. The first-order valence-corrected chi connectivity index (χ1v) is 7.26. The Balaban J connectivity index is 2.04. The molecule has 1 saturated heterocycles. The number of amides is 1. The average molecular weight is 304 g/mol. The summed E-state index contributed by atoms with van der Waals surface area (Å²) in [6, 6.07) is 7.97. The summed E-state index contributed by atoms with van der Waals surface area (Å²) >= 11 is 0. The number of rotatable bonds is 5. The number of ether oxygens (including phenoxy) is 1. The largest absolute Gasteiger partial charge is 0.463 e. The van der Waals surface area contributed by atoms with Gasteiger partial charge in [-0.1, -0.05) is 30.3 Å². The highest BCUT2D eigenvalue weighted by Gasteiger charge is 2.39. The number of nitrogens with two attached hydrogens (primary N) is 1. The van der Waals surface area contributed by atoms with Gasteiger partial charge in [0.2, 0.25) is 5.91 Å². The number of ketones is 1. The minimum atomic E-state index is -0.915. The standard InChI is InChI=1S/C16H20N2O4/c1-22-16(21)14(19)13-8-5-9-18(13)15(20)12(17)10-11-6-3-2-4-7-11/h2-4,6-7,12-13H,5,8-10,17H2,1H3/t12-,13+/m1/s1. The number of esters is 1. The minimum absolute atomic E-state index is 0.302. The summed E-state index contributed by atoms with van der Waals surface area (Å²) in [5.41, 5.74) is 6.94. The summed E-state index contributed by atoms with van der Waals surface area (Å²) < 4.78 is 4.45. The first kappa shape index (κ1) is 16.2. The number of carbonyl (C=O) groups is 3. The molecule has 22 heavy (non-hydrogen) atoms. The van der Waals surface area contributed by atoms with Gasteiger partial charge >= 0.3 is 5.97 Å². The Bertz CT molecular complexity index is 559. The summed E-state index contributed by atoms with van der Waals surface area (Å²) in [5, 5.41) is 0. The van der Waals surface area contributed by atoms with Gasteiger partial charge < -0.3 is 15.4 Å². The SMILES string of the molecule is COC(=O)C(=O)[C@@H]1CCCN1C(=O)[C@H](N)Cc1ccccc1. The summed E-state index contributed by atoms with van der Waals surface area (Å²) in [6.45, 7) is 0.439. The van der Waals surface area contributed by atoms with Crippen molar-refractivity contribution >= 4 is 17.7 Å². The zero-order valence-electron chi connectivity index (χ0n) is 12.5. The van der Waals surface area contributed by atoms with Crippen molar-refractivity contribution < 1.29 is 19.1 Å². The number of benzene rings is 1. The molecule has 1 aliphatic rings. The molecule has 1 heterocycles. The van der Waals surface area contributed by atoms with Crippen LogP contribution in [0, 0.1) is 0 Å². The van der Waals surface area contributed by atoms with Gasteiger partial charge in [0.25, 0.3) is 5.78 Å². The lowest BCUT2D eigenvalue weighted by Crippen LogP contribution is -2.50.